The van der Waals surface area contributed by atoms with E-state index < -0.39 is 5.82 Å². The lowest BCUT2D eigenvalue weighted by Crippen LogP contribution is -2.35. The molecule has 0 saturated heterocycles. The molecule has 0 aliphatic carbocycles. The number of hydrogen-bond donors (Lipinski definition) is 1. The Morgan fingerprint density at radius 3 is 2.90 bits per heavy atom. The van der Waals surface area contributed by atoms with Gasteiger partial charge in [-0.25, -0.2) is 13.8 Å². The van der Waals surface area contributed by atoms with E-state index in [0.29, 0.717) is 34.4 Å². The van der Waals surface area contributed by atoms with Crippen molar-refractivity contribution in [1.29, 1.82) is 0 Å². The van der Waals surface area contributed by atoms with Crippen molar-refractivity contribution in [2.45, 2.75) is 25.9 Å². The van der Waals surface area contributed by atoms with E-state index in [4.69, 9.17) is 4.74 Å². The Labute approximate surface area is 181 Å². The Bertz CT molecular complexity index is 1270. The molecule has 0 saturated carbocycles. The standard InChI is InChI=1S/C23H19F2N3O2S/c1-13-2-3-14(8-19(13)24)15-6-16-7-18(30-22(16)20(25)9-15)11-26-21(29)10-17-12-28-4-5-31-23(28)27-17/h2-6,8-9,12,18H,7,10-11H2,1H3,(H,26,29)/t18-/m1/s1. The molecule has 4 aromatic rings. The summed E-state index contributed by atoms with van der Waals surface area (Å²) in [5.74, 6) is -0.778. The Morgan fingerprint density at radius 1 is 1.26 bits per heavy atom. The van der Waals surface area contributed by atoms with E-state index in [9.17, 15) is 13.6 Å². The second kappa shape index (κ2) is 7.77. The van der Waals surface area contributed by atoms with Crippen molar-refractivity contribution in [2.75, 3.05) is 6.54 Å². The summed E-state index contributed by atoms with van der Waals surface area (Å²) in [6.07, 6.45) is 4.01. The van der Waals surface area contributed by atoms with Gasteiger partial charge in [0.2, 0.25) is 5.91 Å². The van der Waals surface area contributed by atoms with Gasteiger partial charge in [-0.2, -0.15) is 0 Å². The van der Waals surface area contributed by atoms with Gasteiger partial charge in [0.15, 0.2) is 16.5 Å². The molecule has 1 N–H and O–H groups in total. The maximum Gasteiger partial charge on any atom is 0.226 e. The zero-order valence-electron chi connectivity index (χ0n) is 16.7. The lowest BCUT2D eigenvalue weighted by molar-refractivity contribution is -0.120. The molecule has 0 spiro atoms. The summed E-state index contributed by atoms with van der Waals surface area (Å²) >= 11 is 1.51. The largest absolute Gasteiger partial charge is 0.485 e. The fraction of sp³-hybridized carbons (Fsp3) is 0.217. The molecule has 1 aliphatic heterocycles. The third-order valence-corrected chi connectivity index (χ3v) is 6.14. The average Bonchev–Trinajstić information content (AvgIpc) is 3.43. The van der Waals surface area contributed by atoms with Crippen LogP contribution in [0.4, 0.5) is 8.78 Å². The number of nitrogens with one attached hydrogen (secondary N) is 1. The fourth-order valence-electron chi connectivity index (χ4n) is 3.76. The summed E-state index contributed by atoms with van der Waals surface area (Å²) in [6.45, 7) is 1.95. The average molecular weight is 439 g/mol. The minimum Gasteiger partial charge on any atom is -0.485 e. The van der Waals surface area contributed by atoms with Gasteiger partial charge in [0.05, 0.1) is 18.7 Å². The van der Waals surface area contributed by atoms with Crippen LogP contribution in [0.15, 0.2) is 48.1 Å². The molecule has 5 nitrogen and oxygen atoms in total. The molecule has 0 fully saturated rings. The lowest BCUT2D eigenvalue weighted by atomic mass is 9.99. The summed E-state index contributed by atoms with van der Waals surface area (Å²) in [6, 6.07) is 8.03. The summed E-state index contributed by atoms with van der Waals surface area (Å²) in [5.41, 5.74) is 3.16. The number of carbonyl (C=O) groups is 1. The van der Waals surface area contributed by atoms with Crippen LogP contribution in [0.25, 0.3) is 16.1 Å². The van der Waals surface area contributed by atoms with Crippen molar-refractivity contribution in [2.24, 2.45) is 0 Å². The van der Waals surface area contributed by atoms with E-state index >= 15 is 0 Å². The molecule has 2 aromatic heterocycles. The van der Waals surface area contributed by atoms with Crippen LogP contribution in [-0.4, -0.2) is 27.9 Å². The number of benzene rings is 2. The van der Waals surface area contributed by atoms with Gasteiger partial charge in [-0.3, -0.25) is 9.20 Å². The van der Waals surface area contributed by atoms with Crippen molar-refractivity contribution in [3.05, 3.63) is 76.6 Å². The summed E-state index contributed by atoms with van der Waals surface area (Å²) in [5, 5.41) is 4.77. The van der Waals surface area contributed by atoms with Crippen LogP contribution in [0.2, 0.25) is 0 Å². The van der Waals surface area contributed by atoms with Crippen molar-refractivity contribution >= 4 is 22.2 Å². The maximum absolute atomic E-state index is 14.6. The first-order valence-corrected chi connectivity index (χ1v) is 10.8. The van der Waals surface area contributed by atoms with Gasteiger partial charge in [-0.1, -0.05) is 12.1 Å². The quantitative estimate of drug-likeness (QED) is 0.504. The van der Waals surface area contributed by atoms with Gasteiger partial charge in [0, 0.05) is 29.8 Å². The van der Waals surface area contributed by atoms with E-state index in [1.807, 2.05) is 28.2 Å². The van der Waals surface area contributed by atoms with Gasteiger partial charge in [0.1, 0.15) is 11.9 Å². The SMILES string of the molecule is Cc1ccc(-c2cc(F)c3c(c2)C[C@H](CNC(=O)Cc2cn4ccsc4n2)O3)cc1F. The van der Waals surface area contributed by atoms with Crippen LogP contribution in [0.1, 0.15) is 16.8 Å². The first kappa shape index (κ1) is 19.7. The number of carbonyl (C=O) groups excluding carboxylic acids is 1. The highest BCUT2D eigenvalue weighted by Gasteiger charge is 2.27. The van der Waals surface area contributed by atoms with Crippen molar-refractivity contribution < 1.29 is 18.3 Å². The molecule has 31 heavy (non-hydrogen) atoms. The van der Waals surface area contributed by atoms with E-state index in [2.05, 4.69) is 10.3 Å². The van der Waals surface area contributed by atoms with Gasteiger partial charge in [0.25, 0.3) is 0 Å². The maximum atomic E-state index is 14.6. The molecule has 3 heterocycles. The summed E-state index contributed by atoms with van der Waals surface area (Å²) in [7, 11) is 0. The molecular formula is C23H19F2N3O2S. The molecule has 1 aliphatic rings. The van der Waals surface area contributed by atoms with Crippen LogP contribution in [0.5, 0.6) is 5.75 Å². The lowest BCUT2D eigenvalue weighted by Gasteiger charge is -2.11. The number of aromatic nitrogens is 2. The second-order valence-electron chi connectivity index (χ2n) is 7.66. The number of aryl methyl sites for hydroxylation is 1. The second-order valence-corrected chi connectivity index (χ2v) is 8.53. The first-order valence-electron chi connectivity index (χ1n) is 9.89. The van der Waals surface area contributed by atoms with Crippen molar-refractivity contribution in [3.8, 4) is 16.9 Å². The number of halogens is 2. The first-order chi connectivity index (χ1) is 15.0. The fourth-order valence-corrected chi connectivity index (χ4v) is 4.48. The van der Waals surface area contributed by atoms with Crippen LogP contribution in [0.3, 0.4) is 0 Å². The third-order valence-electron chi connectivity index (χ3n) is 5.37. The monoisotopic (exact) mass is 439 g/mol. The molecule has 1 atom stereocenters. The van der Waals surface area contributed by atoms with Gasteiger partial charge in [-0.15, -0.1) is 11.3 Å². The number of thiazole rings is 1. The van der Waals surface area contributed by atoms with Crippen molar-refractivity contribution in [3.63, 3.8) is 0 Å². The molecule has 0 unspecified atom stereocenters. The Morgan fingerprint density at radius 2 is 2.10 bits per heavy atom. The third kappa shape index (κ3) is 3.90. The smallest absolute Gasteiger partial charge is 0.226 e. The highest BCUT2D eigenvalue weighted by Crippen LogP contribution is 2.36. The van der Waals surface area contributed by atoms with Crippen LogP contribution < -0.4 is 10.1 Å². The topological polar surface area (TPSA) is 55.6 Å². The van der Waals surface area contributed by atoms with Crippen LogP contribution in [-0.2, 0) is 17.6 Å². The normalized spacial score (nSPS) is 15.1. The van der Waals surface area contributed by atoms with E-state index in [1.54, 1.807) is 19.1 Å². The number of hydrogen-bond acceptors (Lipinski definition) is 4. The highest BCUT2D eigenvalue weighted by molar-refractivity contribution is 7.15. The number of amides is 1. The molecule has 158 valence electrons. The minimum absolute atomic E-state index is 0.165. The Kier molecular flexibility index (Phi) is 4.94. The van der Waals surface area contributed by atoms with E-state index in [-0.39, 0.29) is 36.5 Å². The Balaban J connectivity index is 1.23. The predicted molar refractivity (Wildman–Crippen MR) is 114 cm³/mol. The summed E-state index contributed by atoms with van der Waals surface area (Å²) in [4.78, 5) is 17.5. The minimum atomic E-state index is -0.486. The van der Waals surface area contributed by atoms with E-state index in [0.717, 1.165) is 4.96 Å². The Hall–Kier alpha value is -3.26. The van der Waals surface area contributed by atoms with Crippen molar-refractivity contribution in [1.82, 2.24) is 14.7 Å². The summed E-state index contributed by atoms with van der Waals surface area (Å²) < 4.78 is 36.1. The van der Waals surface area contributed by atoms with Crippen LogP contribution >= 0.6 is 11.3 Å². The molecule has 8 heteroatoms. The number of nitrogens with zero attached hydrogens (tertiary/aromatic N) is 2. The van der Waals surface area contributed by atoms with Gasteiger partial charge in [-0.05, 0) is 41.8 Å². The predicted octanol–water partition coefficient (Wildman–Crippen LogP) is 4.31. The zero-order valence-corrected chi connectivity index (χ0v) is 17.5. The molecule has 2 aromatic carbocycles. The number of ether oxygens (including phenoxy) is 1. The molecule has 5 rings (SSSR count). The molecule has 0 bridgehead atoms. The number of rotatable bonds is 5. The molecule has 0 radical (unpaired) electrons. The van der Waals surface area contributed by atoms with Crippen LogP contribution in [0, 0.1) is 18.6 Å². The zero-order chi connectivity index (χ0) is 21.5. The highest BCUT2D eigenvalue weighted by atomic mass is 32.1. The number of fused-ring (bicyclic) bond motifs is 2. The van der Waals surface area contributed by atoms with Gasteiger partial charge < -0.3 is 10.1 Å². The van der Waals surface area contributed by atoms with Gasteiger partial charge >= 0.3 is 0 Å². The van der Waals surface area contributed by atoms with E-state index in [1.165, 1.54) is 23.5 Å². The molecule has 1 amide bonds. The molecular weight excluding hydrogens is 420 g/mol. The number of imidazole rings is 1.